The minimum Gasteiger partial charge on any atom is -0.372 e. The zero-order valence-corrected chi connectivity index (χ0v) is 15.3. The van der Waals surface area contributed by atoms with Crippen molar-refractivity contribution in [3.8, 4) is 0 Å². The van der Waals surface area contributed by atoms with Crippen LogP contribution in [-0.2, 0) is 11.3 Å². The summed E-state index contributed by atoms with van der Waals surface area (Å²) in [5.74, 6) is 0.226. The molecule has 0 aliphatic carbocycles. The Labute approximate surface area is 153 Å². The third-order valence-corrected chi connectivity index (χ3v) is 4.44. The summed E-state index contributed by atoms with van der Waals surface area (Å²) in [6, 6.07) is 8.38. The van der Waals surface area contributed by atoms with Gasteiger partial charge in [-0.3, -0.25) is 4.79 Å². The minimum absolute atomic E-state index is 0.175. The molecule has 6 heteroatoms. The molecule has 2 unspecified atom stereocenters. The Morgan fingerprint density at radius 2 is 2.00 bits per heavy atom. The van der Waals surface area contributed by atoms with Gasteiger partial charge in [-0.2, -0.15) is 0 Å². The number of pyridine rings is 1. The van der Waals surface area contributed by atoms with Crippen LogP contribution in [-0.4, -0.2) is 36.2 Å². The van der Waals surface area contributed by atoms with Crippen LogP contribution in [0.15, 0.2) is 36.5 Å². The first-order valence-electron chi connectivity index (χ1n) is 8.82. The molecule has 2 heterocycles. The van der Waals surface area contributed by atoms with Crippen molar-refractivity contribution in [3.63, 3.8) is 0 Å². The van der Waals surface area contributed by atoms with E-state index in [2.05, 4.69) is 29.0 Å². The molecule has 1 N–H and O–H groups in total. The van der Waals surface area contributed by atoms with E-state index >= 15 is 0 Å². The van der Waals surface area contributed by atoms with Crippen molar-refractivity contribution in [2.24, 2.45) is 0 Å². The first-order valence-corrected chi connectivity index (χ1v) is 8.82. The highest BCUT2D eigenvalue weighted by atomic mass is 19.1. The second-order valence-corrected chi connectivity index (χ2v) is 6.83. The third kappa shape index (κ3) is 4.38. The third-order valence-electron chi connectivity index (χ3n) is 4.44. The molecule has 0 bridgehead atoms. The molecule has 1 aliphatic heterocycles. The number of halogens is 1. The molecular formula is C20H24FN3O2. The Hall–Kier alpha value is -2.47. The molecule has 1 aromatic carbocycles. The van der Waals surface area contributed by atoms with Crippen LogP contribution in [0.4, 0.5) is 10.2 Å². The van der Waals surface area contributed by atoms with Crippen LogP contribution in [0.5, 0.6) is 0 Å². The number of amides is 1. The molecule has 1 aromatic heterocycles. The van der Waals surface area contributed by atoms with Gasteiger partial charge >= 0.3 is 0 Å². The highest BCUT2D eigenvalue weighted by molar-refractivity contribution is 5.94. The Bertz CT molecular complexity index is 769. The van der Waals surface area contributed by atoms with E-state index in [9.17, 15) is 9.18 Å². The summed E-state index contributed by atoms with van der Waals surface area (Å²) in [5.41, 5.74) is 1.73. The van der Waals surface area contributed by atoms with Crippen molar-refractivity contribution in [1.29, 1.82) is 0 Å². The molecule has 1 saturated heterocycles. The summed E-state index contributed by atoms with van der Waals surface area (Å²) < 4.78 is 19.3. The van der Waals surface area contributed by atoms with E-state index in [1.165, 1.54) is 6.07 Å². The van der Waals surface area contributed by atoms with Crippen LogP contribution in [0, 0.1) is 12.7 Å². The average molecular weight is 357 g/mol. The van der Waals surface area contributed by atoms with Gasteiger partial charge in [0, 0.05) is 31.4 Å². The highest BCUT2D eigenvalue weighted by Crippen LogP contribution is 2.18. The van der Waals surface area contributed by atoms with Crippen molar-refractivity contribution in [3.05, 3.63) is 59.0 Å². The Morgan fingerprint density at radius 3 is 2.62 bits per heavy atom. The first kappa shape index (κ1) is 18.3. The number of nitrogens with one attached hydrogen (secondary N) is 1. The van der Waals surface area contributed by atoms with Gasteiger partial charge in [0.2, 0.25) is 0 Å². The number of nitrogens with zero attached hydrogens (tertiary/aromatic N) is 2. The molecule has 2 atom stereocenters. The van der Waals surface area contributed by atoms with Crippen molar-refractivity contribution < 1.29 is 13.9 Å². The molecule has 1 aliphatic rings. The lowest BCUT2D eigenvalue weighted by Crippen LogP contribution is -2.45. The van der Waals surface area contributed by atoms with Crippen LogP contribution in [0.3, 0.4) is 0 Å². The number of anilines is 1. The molecule has 0 spiro atoms. The second-order valence-electron chi connectivity index (χ2n) is 6.83. The minimum atomic E-state index is -0.377. The van der Waals surface area contributed by atoms with E-state index in [-0.39, 0.29) is 23.9 Å². The fraction of sp³-hybridized carbons (Fsp3) is 0.400. The normalized spacial score (nSPS) is 20.1. The van der Waals surface area contributed by atoms with Gasteiger partial charge in [-0.05, 0) is 50.1 Å². The van der Waals surface area contributed by atoms with Crippen LogP contribution in [0.25, 0.3) is 0 Å². The summed E-state index contributed by atoms with van der Waals surface area (Å²) >= 11 is 0. The van der Waals surface area contributed by atoms with E-state index in [1.807, 2.05) is 12.1 Å². The number of rotatable bonds is 4. The average Bonchev–Trinajstić information content (AvgIpc) is 2.61. The lowest BCUT2D eigenvalue weighted by Gasteiger charge is -2.36. The van der Waals surface area contributed by atoms with E-state index in [0.717, 1.165) is 24.5 Å². The molecule has 0 saturated carbocycles. The van der Waals surface area contributed by atoms with Gasteiger partial charge in [0.15, 0.2) is 0 Å². The first-order chi connectivity index (χ1) is 12.4. The predicted octanol–water partition coefficient (Wildman–Crippen LogP) is 3.07. The smallest absolute Gasteiger partial charge is 0.251 e. The number of carbonyl (C=O) groups excluding carboxylic acids is 1. The summed E-state index contributed by atoms with van der Waals surface area (Å²) in [6.45, 7) is 7.75. The molecule has 5 nitrogen and oxygen atoms in total. The molecule has 2 aromatic rings. The zero-order valence-electron chi connectivity index (χ0n) is 15.3. The van der Waals surface area contributed by atoms with E-state index in [0.29, 0.717) is 17.7 Å². The van der Waals surface area contributed by atoms with Crippen molar-refractivity contribution >= 4 is 11.7 Å². The van der Waals surface area contributed by atoms with Gasteiger partial charge in [-0.25, -0.2) is 9.37 Å². The quantitative estimate of drug-likeness (QED) is 0.914. The van der Waals surface area contributed by atoms with Crippen molar-refractivity contribution in [2.45, 2.75) is 39.5 Å². The number of morpholine rings is 1. The predicted molar refractivity (Wildman–Crippen MR) is 98.8 cm³/mol. The van der Waals surface area contributed by atoms with Gasteiger partial charge in [0.05, 0.1) is 12.2 Å². The summed E-state index contributed by atoms with van der Waals surface area (Å²) in [7, 11) is 0. The van der Waals surface area contributed by atoms with Crippen LogP contribution in [0.1, 0.15) is 35.3 Å². The second kappa shape index (κ2) is 7.83. The standard InChI is InChI=1S/C20H24FN3O2/c1-13-4-6-17(8-18(13)21)20(25)23-10-16-5-7-19(22-9-16)24-11-14(2)26-15(3)12-24/h4-9,14-15H,10-12H2,1-3H3,(H,23,25). The SMILES string of the molecule is Cc1ccc(C(=O)NCc2ccc(N3CC(C)OC(C)C3)nc2)cc1F. The Kier molecular flexibility index (Phi) is 5.52. The summed E-state index contributed by atoms with van der Waals surface area (Å²) in [6.07, 6.45) is 2.11. The molecule has 1 fully saturated rings. The van der Waals surface area contributed by atoms with E-state index < -0.39 is 0 Å². The lowest BCUT2D eigenvalue weighted by molar-refractivity contribution is -0.00546. The van der Waals surface area contributed by atoms with Crippen LogP contribution < -0.4 is 10.2 Å². The molecule has 0 radical (unpaired) electrons. The van der Waals surface area contributed by atoms with E-state index in [1.54, 1.807) is 25.3 Å². The fourth-order valence-corrected chi connectivity index (χ4v) is 3.09. The zero-order chi connectivity index (χ0) is 18.7. The molecule has 138 valence electrons. The van der Waals surface area contributed by atoms with Crippen molar-refractivity contribution in [2.75, 3.05) is 18.0 Å². The lowest BCUT2D eigenvalue weighted by atomic mass is 10.1. The maximum Gasteiger partial charge on any atom is 0.251 e. The van der Waals surface area contributed by atoms with Gasteiger partial charge < -0.3 is 15.0 Å². The number of hydrogen-bond acceptors (Lipinski definition) is 4. The number of carbonyl (C=O) groups is 1. The Balaban J connectivity index is 1.59. The van der Waals surface area contributed by atoms with Gasteiger partial charge in [-0.15, -0.1) is 0 Å². The number of ether oxygens (including phenoxy) is 1. The highest BCUT2D eigenvalue weighted by Gasteiger charge is 2.22. The topological polar surface area (TPSA) is 54.5 Å². The fourth-order valence-electron chi connectivity index (χ4n) is 3.09. The van der Waals surface area contributed by atoms with Gasteiger partial charge in [-0.1, -0.05) is 12.1 Å². The molecular weight excluding hydrogens is 333 g/mol. The maximum absolute atomic E-state index is 13.6. The number of benzene rings is 1. The summed E-state index contributed by atoms with van der Waals surface area (Å²) in [4.78, 5) is 18.9. The van der Waals surface area contributed by atoms with Crippen LogP contribution in [0.2, 0.25) is 0 Å². The van der Waals surface area contributed by atoms with Crippen molar-refractivity contribution in [1.82, 2.24) is 10.3 Å². The molecule has 3 rings (SSSR count). The summed E-state index contributed by atoms with van der Waals surface area (Å²) in [5, 5.41) is 2.80. The largest absolute Gasteiger partial charge is 0.372 e. The Morgan fingerprint density at radius 1 is 1.27 bits per heavy atom. The van der Waals surface area contributed by atoms with E-state index in [4.69, 9.17) is 4.74 Å². The number of aryl methyl sites for hydroxylation is 1. The number of hydrogen-bond donors (Lipinski definition) is 1. The van der Waals surface area contributed by atoms with Crippen LogP contribution >= 0.6 is 0 Å². The van der Waals surface area contributed by atoms with Gasteiger partial charge in [0.1, 0.15) is 11.6 Å². The molecule has 1 amide bonds. The van der Waals surface area contributed by atoms with Gasteiger partial charge in [0.25, 0.3) is 5.91 Å². The molecule has 26 heavy (non-hydrogen) atoms. The maximum atomic E-state index is 13.6. The number of aromatic nitrogens is 1. The monoisotopic (exact) mass is 357 g/mol.